The van der Waals surface area contributed by atoms with Gasteiger partial charge in [0, 0.05) is 13.1 Å². The zero-order valence-corrected chi connectivity index (χ0v) is 10.9. The molecule has 0 bridgehead atoms. The average molecular weight is 256 g/mol. The van der Waals surface area contributed by atoms with Gasteiger partial charge >= 0.3 is 0 Å². The molecule has 0 aliphatic carbocycles. The lowest BCUT2D eigenvalue weighted by molar-refractivity contribution is 0.0756. The molecule has 4 heteroatoms. The van der Waals surface area contributed by atoms with Crippen LogP contribution in [0.3, 0.4) is 0 Å². The lowest BCUT2D eigenvalue weighted by Gasteiger charge is -2.19. The van der Waals surface area contributed by atoms with Gasteiger partial charge in [-0.05, 0) is 30.9 Å². The number of rotatable bonds is 1. The molecule has 1 aromatic carbocycles. The summed E-state index contributed by atoms with van der Waals surface area (Å²) < 4.78 is 5.11. The van der Waals surface area contributed by atoms with Crippen LogP contribution in [-0.2, 0) is 12.8 Å². The van der Waals surface area contributed by atoms with Crippen LogP contribution >= 0.6 is 0 Å². The fourth-order valence-corrected chi connectivity index (χ4v) is 2.53. The van der Waals surface area contributed by atoms with E-state index in [1.165, 1.54) is 17.5 Å². The van der Waals surface area contributed by atoms with E-state index >= 15 is 0 Å². The smallest absolute Gasteiger partial charge is 0.276 e. The Hall–Kier alpha value is -2.10. The molecule has 4 nitrogen and oxygen atoms in total. The minimum Gasteiger partial charge on any atom is -0.448 e. The van der Waals surface area contributed by atoms with Crippen LogP contribution in [-0.4, -0.2) is 28.9 Å². The summed E-state index contributed by atoms with van der Waals surface area (Å²) in [4.78, 5) is 18.3. The SMILES string of the molecule is Cc1ocnc1C(=O)N1CCc2ccccc2CC1. The standard InChI is InChI=1S/C15H16N2O2/c1-11-14(16-10-19-11)15(18)17-8-6-12-4-2-3-5-13(12)7-9-17/h2-5,10H,6-9H2,1H3. The van der Waals surface area contributed by atoms with Crippen LogP contribution in [0, 0.1) is 6.92 Å². The molecule has 2 aromatic rings. The highest BCUT2D eigenvalue weighted by Crippen LogP contribution is 2.17. The highest BCUT2D eigenvalue weighted by molar-refractivity contribution is 5.93. The van der Waals surface area contributed by atoms with Crippen LogP contribution in [0.1, 0.15) is 27.4 Å². The van der Waals surface area contributed by atoms with E-state index < -0.39 is 0 Å². The summed E-state index contributed by atoms with van der Waals surface area (Å²) in [6.45, 7) is 3.25. The van der Waals surface area contributed by atoms with E-state index in [9.17, 15) is 4.79 Å². The molecule has 1 amide bonds. The molecule has 1 aliphatic rings. The largest absolute Gasteiger partial charge is 0.448 e. The summed E-state index contributed by atoms with van der Waals surface area (Å²) in [5, 5.41) is 0. The Morgan fingerprint density at radius 1 is 1.21 bits per heavy atom. The van der Waals surface area contributed by atoms with E-state index in [2.05, 4.69) is 29.2 Å². The van der Waals surface area contributed by atoms with Gasteiger partial charge < -0.3 is 9.32 Å². The molecular weight excluding hydrogens is 240 g/mol. The Balaban J connectivity index is 1.79. The first kappa shape index (κ1) is 12.0. The lowest BCUT2D eigenvalue weighted by Crippen LogP contribution is -2.33. The normalized spacial score (nSPS) is 14.9. The molecule has 0 saturated heterocycles. The molecule has 0 unspecified atom stereocenters. The second-order valence-corrected chi connectivity index (χ2v) is 4.82. The van der Waals surface area contributed by atoms with Crippen molar-refractivity contribution in [3.63, 3.8) is 0 Å². The number of carbonyl (C=O) groups excluding carboxylic acids is 1. The molecule has 3 rings (SSSR count). The van der Waals surface area contributed by atoms with Crippen LogP contribution < -0.4 is 0 Å². The number of oxazole rings is 1. The predicted molar refractivity (Wildman–Crippen MR) is 71.0 cm³/mol. The zero-order valence-electron chi connectivity index (χ0n) is 10.9. The van der Waals surface area contributed by atoms with Crippen LogP contribution in [0.5, 0.6) is 0 Å². The molecule has 0 atom stereocenters. The Kier molecular flexibility index (Phi) is 3.07. The Bertz CT molecular complexity index is 577. The van der Waals surface area contributed by atoms with Crippen LogP contribution in [0.15, 0.2) is 35.1 Å². The fourth-order valence-electron chi connectivity index (χ4n) is 2.53. The van der Waals surface area contributed by atoms with Gasteiger partial charge in [0.05, 0.1) is 0 Å². The molecule has 2 heterocycles. The van der Waals surface area contributed by atoms with Crippen molar-refractivity contribution in [1.29, 1.82) is 0 Å². The molecule has 19 heavy (non-hydrogen) atoms. The highest BCUT2D eigenvalue weighted by Gasteiger charge is 2.23. The molecule has 98 valence electrons. The number of nitrogens with zero attached hydrogens (tertiary/aromatic N) is 2. The summed E-state index contributed by atoms with van der Waals surface area (Å²) in [7, 11) is 0. The predicted octanol–water partition coefficient (Wildman–Crippen LogP) is 2.22. The summed E-state index contributed by atoms with van der Waals surface area (Å²) in [5.74, 6) is 0.561. The number of hydrogen-bond acceptors (Lipinski definition) is 3. The van der Waals surface area contributed by atoms with E-state index in [-0.39, 0.29) is 5.91 Å². The first-order chi connectivity index (χ1) is 9.25. The second kappa shape index (κ2) is 4.88. The molecule has 0 fully saturated rings. The van der Waals surface area contributed by atoms with Crippen molar-refractivity contribution >= 4 is 5.91 Å². The molecule has 0 saturated carbocycles. The number of hydrogen-bond donors (Lipinski definition) is 0. The average Bonchev–Trinajstić information content (AvgIpc) is 2.74. The lowest BCUT2D eigenvalue weighted by atomic mass is 10.0. The summed E-state index contributed by atoms with van der Waals surface area (Å²) in [6, 6.07) is 8.39. The van der Waals surface area contributed by atoms with Crippen molar-refractivity contribution in [3.05, 3.63) is 53.2 Å². The molecule has 0 spiro atoms. The minimum absolute atomic E-state index is 0.0287. The Morgan fingerprint density at radius 2 is 1.84 bits per heavy atom. The van der Waals surface area contributed by atoms with Gasteiger partial charge in [-0.25, -0.2) is 4.98 Å². The monoisotopic (exact) mass is 256 g/mol. The number of benzene rings is 1. The third-order valence-corrected chi connectivity index (χ3v) is 3.66. The Labute approximate surface area is 112 Å². The highest BCUT2D eigenvalue weighted by atomic mass is 16.3. The molecule has 1 aromatic heterocycles. The van der Waals surface area contributed by atoms with Gasteiger partial charge in [0.2, 0.25) is 0 Å². The number of fused-ring (bicyclic) bond motifs is 1. The molecule has 1 aliphatic heterocycles. The maximum absolute atomic E-state index is 12.4. The maximum Gasteiger partial charge on any atom is 0.276 e. The summed E-state index contributed by atoms with van der Waals surface area (Å²) in [5.41, 5.74) is 3.12. The Morgan fingerprint density at radius 3 is 2.37 bits per heavy atom. The second-order valence-electron chi connectivity index (χ2n) is 4.82. The number of amides is 1. The zero-order chi connectivity index (χ0) is 13.2. The number of carbonyl (C=O) groups is 1. The van der Waals surface area contributed by atoms with E-state index in [1.807, 2.05) is 4.90 Å². The summed E-state index contributed by atoms with van der Waals surface area (Å²) >= 11 is 0. The quantitative estimate of drug-likeness (QED) is 0.786. The third kappa shape index (κ3) is 2.26. The topological polar surface area (TPSA) is 46.3 Å². The van der Waals surface area contributed by atoms with Gasteiger partial charge in [0.25, 0.3) is 5.91 Å². The van der Waals surface area contributed by atoms with Crippen LogP contribution in [0.4, 0.5) is 0 Å². The third-order valence-electron chi connectivity index (χ3n) is 3.66. The van der Waals surface area contributed by atoms with Crippen molar-refractivity contribution in [3.8, 4) is 0 Å². The first-order valence-corrected chi connectivity index (χ1v) is 6.52. The fraction of sp³-hybridized carbons (Fsp3) is 0.333. The van der Waals surface area contributed by atoms with E-state index in [0.717, 1.165) is 25.9 Å². The van der Waals surface area contributed by atoms with Gasteiger partial charge in [-0.2, -0.15) is 0 Å². The van der Waals surface area contributed by atoms with Gasteiger partial charge in [-0.3, -0.25) is 4.79 Å². The van der Waals surface area contributed by atoms with Crippen molar-refractivity contribution in [2.24, 2.45) is 0 Å². The molecule has 0 N–H and O–H groups in total. The van der Waals surface area contributed by atoms with Crippen molar-refractivity contribution in [2.75, 3.05) is 13.1 Å². The summed E-state index contributed by atoms with van der Waals surface area (Å²) in [6.07, 6.45) is 3.13. The van der Waals surface area contributed by atoms with Crippen molar-refractivity contribution < 1.29 is 9.21 Å². The van der Waals surface area contributed by atoms with E-state index in [4.69, 9.17) is 4.42 Å². The van der Waals surface area contributed by atoms with Crippen molar-refractivity contribution in [2.45, 2.75) is 19.8 Å². The van der Waals surface area contributed by atoms with Gasteiger partial charge in [-0.1, -0.05) is 24.3 Å². The molecular formula is C15H16N2O2. The van der Waals surface area contributed by atoms with E-state index in [1.54, 1.807) is 6.92 Å². The number of aromatic nitrogens is 1. The van der Waals surface area contributed by atoms with Crippen LogP contribution in [0.25, 0.3) is 0 Å². The number of aryl methyl sites for hydroxylation is 1. The maximum atomic E-state index is 12.4. The van der Waals surface area contributed by atoms with Crippen LogP contribution in [0.2, 0.25) is 0 Å². The first-order valence-electron chi connectivity index (χ1n) is 6.52. The molecule has 0 radical (unpaired) electrons. The van der Waals surface area contributed by atoms with E-state index in [0.29, 0.717) is 11.5 Å². The van der Waals surface area contributed by atoms with Gasteiger partial charge in [0.15, 0.2) is 12.1 Å². The van der Waals surface area contributed by atoms with Crippen molar-refractivity contribution in [1.82, 2.24) is 9.88 Å². The minimum atomic E-state index is -0.0287. The van der Waals surface area contributed by atoms with Gasteiger partial charge in [0.1, 0.15) is 5.76 Å². The van der Waals surface area contributed by atoms with Gasteiger partial charge in [-0.15, -0.1) is 0 Å².